The molecule has 2 rings (SSSR count). The van der Waals surface area contributed by atoms with E-state index in [9.17, 15) is 19.3 Å². The highest BCUT2D eigenvalue weighted by Gasteiger charge is 2.21. The highest BCUT2D eigenvalue weighted by Crippen LogP contribution is 2.25. The lowest BCUT2D eigenvalue weighted by atomic mass is 10.2. The molecule has 0 bridgehead atoms. The Balaban J connectivity index is 2.17. The van der Waals surface area contributed by atoms with Crippen LogP contribution in [0.15, 0.2) is 42.5 Å². The van der Waals surface area contributed by atoms with Crippen molar-refractivity contribution in [2.75, 3.05) is 23.9 Å². The van der Waals surface area contributed by atoms with Crippen molar-refractivity contribution in [1.82, 2.24) is 0 Å². The third-order valence-electron chi connectivity index (χ3n) is 3.72. The summed E-state index contributed by atoms with van der Waals surface area (Å²) >= 11 is 0. The molecule has 1 amide bonds. The molecule has 138 valence electrons. The van der Waals surface area contributed by atoms with Crippen LogP contribution in [0.3, 0.4) is 0 Å². The molecular formula is C18H20FN3O4. The number of hydrogen-bond acceptors (Lipinski definition) is 5. The first-order valence-electron chi connectivity index (χ1n) is 7.97. The van der Waals surface area contributed by atoms with Crippen molar-refractivity contribution in [3.8, 4) is 5.75 Å². The van der Waals surface area contributed by atoms with Gasteiger partial charge in [0.1, 0.15) is 17.3 Å². The van der Waals surface area contributed by atoms with E-state index < -0.39 is 16.4 Å². The lowest BCUT2D eigenvalue weighted by Crippen LogP contribution is -2.40. The lowest BCUT2D eigenvalue weighted by molar-refractivity contribution is -0.384. The number of hydrogen-bond donors (Lipinski definition) is 1. The summed E-state index contributed by atoms with van der Waals surface area (Å²) in [5, 5.41) is 13.8. The largest absolute Gasteiger partial charge is 0.497 e. The SMILES string of the molecule is COc1ccc(N(C(=O)CNc2ccc(F)cc2[N+](=O)[O-])C(C)C)cc1. The van der Waals surface area contributed by atoms with Gasteiger partial charge in [-0.1, -0.05) is 0 Å². The smallest absolute Gasteiger partial charge is 0.295 e. The predicted molar refractivity (Wildman–Crippen MR) is 97.2 cm³/mol. The van der Waals surface area contributed by atoms with E-state index in [0.29, 0.717) is 11.4 Å². The summed E-state index contributed by atoms with van der Waals surface area (Å²) in [5.41, 5.74) is 0.350. The molecule has 0 fully saturated rings. The number of ether oxygens (including phenoxy) is 1. The molecule has 26 heavy (non-hydrogen) atoms. The Hall–Kier alpha value is -3.16. The number of carbonyl (C=O) groups excluding carboxylic acids is 1. The maximum absolute atomic E-state index is 13.2. The van der Waals surface area contributed by atoms with E-state index in [1.54, 1.807) is 36.3 Å². The fourth-order valence-corrected chi connectivity index (χ4v) is 2.53. The molecule has 0 saturated carbocycles. The van der Waals surface area contributed by atoms with Gasteiger partial charge in [-0.25, -0.2) is 4.39 Å². The molecule has 0 radical (unpaired) electrons. The quantitative estimate of drug-likeness (QED) is 0.602. The second-order valence-electron chi connectivity index (χ2n) is 5.83. The second kappa shape index (κ2) is 8.28. The van der Waals surface area contributed by atoms with Crippen LogP contribution in [0.5, 0.6) is 5.75 Å². The van der Waals surface area contributed by atoms with Gasteiger partial charge in [-0.3, -0.25) is 14.9 Å². The van der Waals surface area contributed by atoms with E-state index >= 15 is 0 Å². The van der Waals surface area contributed by atoms with Crippen molar-refractivity contribution in [3.63, 3.8) is 0 Å². The van der Waals surface area contributed by atoms with Gasteiger partial charge in [0.25, 0.3) is 5.69 Å². The molecule has 0 spiro atoms. The number of rotatable bonds is 7. The Bertz CT molecular complexity index is 794. The van der Waals surface area contributed by atoms with Gasteiger partial charge in [0.05, 0.1) is 24.6 Å². The molecule has 0 aliphatic rings. The van der Waals surface area contributed by atoms with Crippen LogP contribution < -0.4 is 15.0 Å². The van der Waals surface area contributed by atoms with E-state index in [4.69, 9.17) is 4.74 Å². The Labute approximate surface area is 150 Å². The first kappa shape index (κ1) is 19.2. The summed E-state index contributed by atoms with van der Waals surface area (Å²) in [6.45, 7) is 3.56. The normalized spacial score (nSPS) is 10.5. The standard InChI is InChI=1S/C18H20FN3O4/c1-12(2)21(14-5-7-15(26-3)8-6-14)18(23)11-20-16-9-4-13(19)10-17(16)22(24)25/h4-10,12,20H,11H2,1-3H3. The lowest BCUT2D eigenvalue weighted by Gasteiger charge is -2.27. The number of nitro benzene ring substituents is 1. The van der Waals surface area contributed by atoms with Gasteiger partial charge in [0, 0.05) is 11.7 Å². The van der Waals surface area contributed by atoms with E-state index in [-0.39, 0.29) is 24.2 Å². The van der Waals surface area contributed by atoms with Crippen LogP contribution in [0.25, 0.3) is 0 Å². The fourth-order valence-electron chi connectivity index (χ4n) is 2.53. The molecule has 0 aliphatic carbocycles. The van der Waals surface area contributed by atoms with Crippen molar-refractivity contribution in [2.24, 2.45) is 0 Å². The zero-order valence-electron chi connectivity index (χ0n) is 14.7. The van der Waals surface area contributed by atoms with Crippen LogP contribution in [0.2, 0.25) is 0 Å². The Kier molecular flexibility index (Phi) is 6.11. The number of amides is 1. The second-order valence-corrected chi connectivity index (χ2v) is 5.83. The number of nitrogens with one attached hydrogen (secondary N) is 1. The Morgan fingerprint density at radius 3 is 2.46 bits per heavy atom. The monoisotopic (exact) mass is 361 g/mol. The van der Waals surface area contributed by atoms with Crippen molar-refractivity contribution in [3.05, 3.63) is 58.4 Å². The fraction of sp³-hybridized carbons (Fsp3) is 0.278. The molecule has 2 aromatic carbocycles. The maximum Gasteiger partial charge on any atom is 0.295 e. The summed E-state index contributed by atoms with van der Waals surface area (Å²) in [4.78, 5) is 24.6. The van der Waals surface area contributed by atoms with Crippen LogP contribution >= 0.6 is 0 Å². The van der Waals surface area contributed by atoms with Gasteiger partial charge in [0.15, 0.2) is 0 Å². The highest BCUT2D eigenvalue weighted by molar-refractivity contribution is 5.96. The summed E-state index contributed by atoms with van der Waals surface area (Å²) in [5.74, 6) is -0.315. The van der Waals surface area contributed by atoms with Gasteiger partial charge in [0.2, 0.25) is 5.91 Å². The average Bonchev–Trinajstić information content (AvgIpc) is 2.61. The van der Waals surface area contributed by atoms with E-state index in [2.05, 4.69) is 5.32 Å². The number of nitrogens with zero attached hydrogens (tertiary/aromatic N) is 2. The van der Waals surface area contributed by atoms with Gasteiger partial charge in [-0.05, 0) is 50.2 Å². The van der Waals surface area contributed by atoms with Crippen molar-refractivity contribution < 1.29 is 18.8 Å². The number of anilines is 2. The Morgan fingerprint density at radius 1 is 1.27 bits per heavy atom. The van der Waals surface area contributed by atoms with E-state index in [1.165, 1.54) is 6.07 Å². The Morgan fingerprint density at radius 2 is 1.92 bits per heavy atom. The van der Waals surface area contributed by atoms with Crippen LogP contribution in [0.4, 0.5) is 21.5 Å². The third kappa shape index (κ3) is 4.47. The molecule has 0 unspecified atom stereocenters. The summed E-state index contributed by atoms with van der Waals surface area (Å²) in [7, 11) is 1.56. The first-order valence-corrected chi connectivity index (χ1v) is 7.97. The molecule has 7 nitrogen and oxygen atoms in total. The molecule has 0 heterocycles. The maximum atomic E-state index is 13.2. The van der Waals surface area contributed by atoms with Crippen molar-refractivity contribution >= 4 is 23.0 Å². The minimum atomic E-state index is -0.712. The molecular weight excluding hydrogens is 341 g/mol. The average molecular weight is 361 g/mol. The zero-order valence-corrected chi connectivity index (χ0v) is 14.7. The predicted octanol–water partition coefficient (Wildman–Crippen LogP) is 3.60. The molecule has 8 heteroatoms. The molecule has 2 aromatic rings. The summed E-state index contributed by atoms with van der Waals surface area (Å²) in [6, 6.07) is 10.1. The minimum Gasteiger partial charge on any atom is -0.497 e. The van der Waals surface area contributed by atoms with E-state index in [1.807, 2.05) is 13.8 Å². The number of benzene rings is 2. The van der Waals surface area contributed by atoms with Crippen LogP contribution in [-0.4, -0.2) is 30.5 Å². The van der Waals surface area contributed by atoms with E-state index in [0.717, 1.165) is 12.1 Å². The molecule has 1 N–H and O–H groups in total. The third-order valence-corrected chi connectivity index (χ3v) is 3.72. The number of nitro groups is 1. The topological polar surface area (TPSA) is 84.7 Å². The van der Waals surface area contributed by atoms with Crippen LogP contribution in [0, 0.1) is 15.9 Å². The number of halogens is 1. The zero-order chi connectivity index (χ0) is 19.3. The van der Waals surface area contributed by atoms with Crippen molar-refractivity contribution in [2.45, 2.75) is 19.9 Å². The van der Waals surface area contributed by atoms with Gasteiger partial charge in [-0.15, -0.1) is 0 Å². The van der Waals surface area contributed by atoms with Gasteiger partial charge < -0.3 is 15.0 Å². The molecule has 0 atom stereocenters. The number of carbonyl (C=O) groups is 1. The molecule has 0 aliphatic heterocycles. The molecule has 0 saturated heterocycles. The molecule has 0 aromatic heterocycles. The summed E-state index contributed by atoms with van der Waals surface area (Å²) < 4.78 is 18.3. The van der Waals surface area contributed by atoms with Crippen LogP contribution in [-0.2, 0) is 4.79 Å². The summed E-state index contributed by atoms with van der Waals surface area (Å²) in [6.07, 6.45) is 0. The number of methoxy groups -OCH3 is 1. The van der Waals surface area contributed by atoms with Gasteiger partial charge >= 0.3 is 0 Å². The van der Waals surface area contributed by atoms with Crippen molar-refractivity contribution in [1.29, 1.82) is 0 Å². The van der Waals surface area contributed by atoms with Gasteiger partial charge in [-0.2, -0.15) is 0 Å². The highest BCUT2D eigenvalue weighted by atomic mass is 19.1. The minimum absolute atomic E-state index is 0.0863. The van der Waals surface area contributed by atoms with Crippen LogP contribution in [0.1, 0.15) is 13.8 Å². The first-order chi connectivity index (χ1) is 12.3.